The quantitative estimate of drug-likeness (QED) is 0.942. The first-order chi connectivity index (χ1) is 10.9. The van der Waals surface area contributed by atoms with E-state index < -0.39 is 23.1 Å². The lowest BCUT2D eigenvalue weighted by Gasteiger charge is -2.18. The van der Waals surface area contributed by atoms with Crippen LogP contribution in [0.4, 0.5) is 8.78 Å². The molecule has 0 aliphatic carbocycles. The Labute approximate surface area is 132 Å². The standard InChI is InChI=1S/C17H16F2N2O2/c1-20-16(22)12-8-6-11(7-9-12)10-21(2)17(23)15-13(18)4-3-5-14(15)19/h3-9H,10H2,1-2H3,(H,20,22). The summed E-state index contributed by atoms with van der Waals surface area (Å²) in [5, 5.41) is 2.51. The van der Waals surface area contributed by atoms with Gasteiger partial charge >= 0.3 is 0 Å². The number of hydrogen-bond donors (Lipinski definition) is 1. The maximum absolute atomic E-state index is 13.6. The zero-order valence-corrected chi connectivity index (χ0v) is 12.8. The molecule has 23 heavy (non-hydrogen) atoms. The van der Waals surface area contributed by atoms with Crippen molar-refractivity contribution >= 4 is 11.8 Å². The van der Waals surface area contributed by atoms with E-state index in [0.717, 1.165) is 17.7 Å². The monoisotopic (exact) mass is 318 g/mol. The maximum Gasteiger partial charge on any atom is 0.259 e. The van der Waals surface area contributed by atoms with Gasteiger partial charge in [-0.1, -0.05) is 18.2 Å². The molecule has 2 aromatic carbocycles. The molecule has 0 radical (unpaired) electrons. The number of benzene rings is 2. The van der Waals surface area contributed by atoms with Gasteiger partial charge in [-0.2, -0.15) is 0 Å². The third-order valence-corrected chi connectivity index (χ3v) is 3.39. The van der Waals surface area contributed by atoms with E-state index in [1.807, 2.05) is 0 Å². The summed E-state index contributed by atoms with van der Waals surface area (Å²) < 4.78 is 27.3. The van der Waals surface area contributed by atoms with Crippen molar-refractivity contribution in [3.8, 4) is 0 Å². The highest BCUT2D eigenvalue weighted by Gasteiger charge is 2.20. The number of nitrogens with zero attached hydrogens (tertiary/aromatic N) is 1. The van der Waals surface area contributed by atoms with Crippen LogP contribution in [-0.2, 0) is 6.54 Å². The Hall–Kier alpha value is -2.76. The summed E-state index contributed by atoms with van der Waals surface area (Å²) in [4.78, 5) is 24.9. The molecule has 0 saturated heterocycles. The van der Waals surface area contributed by atoms with Crippen molar-refractivity contribution in [3.05, 3.63) is 70.8 Å². The molecule has 0 aromatic heterocycles. The number of amides is 2. The zero-order chi connectivity index (χ0) is 17.0. The van der Waals surface area contributed by atoms with Gasteiger partial charge < -0.3 is 10.2 Å². The number of carbonyl (C=O) groups excluding carboxylic acids is 2. The summed E-state index contributed by atoms with van der Waals surface area (Å²) in [5.74, 6) is -2.74. The van der Waals surface area contributed by atoms with Crippen molar-refractivity contribution < 1.29 is 18.4 Å². The third-order valence-electron chi connectivity index (χ3n) is 3.39. The number of hydrogen-bond acceptors (Lipinski definition) is 2. The molecule has 0 unspecified atom stereocenters. The largest absolute Gasteiger partial charge is 0.355 e. The molecule has 0 saturated carbocycles. The summed E-state index contributed by atoms with van der Waals surface area (Å²) in [5.41, 5.74) is 0.660. The van der Waals surface area contributed by atoms with Gasteiger partial charge in [-0.05, 0) is 29.8 Å². The van der Waals surface area contributed by atoms with E-state index in [0.29, 0.717) is 5.56 Å². The first-order valence-electron chi connectivity index (χ1n) is 6.94. The lowest BCUT2D eigenvalue weighted by Crippen LogP contribution is -2.28. The minimum Gasteiger partial charge on any atom is -0.355 e. The number of nitrogens with one attached hydrogen (secondary N) is 1. The van der Waals surface area contributed by atoms with E-state index in [4.69, 9.17) is 0 Å². The normalized spacial score (nSPS) is 10.3. The Morgan fingerprint density at radius 2 is 1.61 bits per heavy atom. The lowest BCUT2D eigenvalue weighted by atomic mass is 10.1. The van der Waals surface area contributed by atoms with Crippen LogP contribution in [0.25, 0.3) is 0 Å². The molecule has 2 aromatic rings. The molecular formula is C17H16F2N2O2. The molecule has 0 aliphatic heterocycles. The van der Waals surface area contributed by atoms with Crippen LogP contribution in [0.5, 0.6) is 0 Å². The number of carbonyl (C=O) groups is 2. The first-order valence-corrected chi connectivity index (χ1v) is 6.94. The Bertz CT molecular complexity index is 710. The Morgan fingerprint density at radius 1 is 1.04 bits per heavy atom. The van der Waals surface area contributed by atoms with E-state index in [2.05, 4.69) is 5.32 Å². The van der Waals surface area contributed by atoms with Gasteiger partial charge in [0.2, 0.25) is 0 Å². The fraction of sp³-hybridized carbons (Fsp3) is 0.176. The van der Waals surface area contributed by atoms with E-state index in [-0.39, 0.29) is 12.5 Å². The van der Waals surface area contributed by atoms with Crippen LogP contribution in [0.15, 0.2) is 42.5 Å². The second kappa shape index (κ2) is 7.00. The SMILES string of the molecule is CNC(=O)c1ccc(CN(C)C(=O)c2c(F)cccc2F)cc1. The number of rotatable bonds is 4. The lowest BCUT2D eigenvalue weighted by molar-refractivity contribution is 0.0775. The second-order valence-corrected chi connectivity index (χ2v) is 5.03. The van der Waals surface area contributed by atoms with Gasteiger partial charge in [0.15, 0.2) is 0 Å². The summed E-state index contributed by atoms with van der Waals surface area (Å²) in [7, 11) is 2.99. The highest BCUT2D eigenvalue weighted by Crippen LogP contribution is 2.16. The number of halogens is 2. The first kappa shape index (κ1) is 16.6. The summed E-state index contributed by atoms with van der Waals surface area (Å²) in [6.07, 6.45) is 0. The summed E-state index contributed by atoms with van der Waals surface area (Å²) >= 11 is 0. The Balaban J connectivity index is 2.14. The van der Waals surface area contributed by atoms with Gasteiger partial charge in [-0.25, -0.2) is 8.78 Å². The molecular weight excluding hydrogens is 302 g/mol. The van der Waals surface area contributed by atoms with Gasteiger partial charge in [0.1, 0.15) is 17.2 Å². The summed E-state index contributed by atoms with van der Waals surface area (Å²) in [6.45, 7) is 0.167. The molecule has 0 spiro atoms. The molecule has 0 fully saturated rings. The highest BCUT2D eigenvalue weighted by atomic mass is 19.1. The van der Waals surface area contributed by atoms with E-state index in [1.54, 1.807) is 24.3 Å². The predicted molar refractivity (Wildman–Crippen MR) is 82.0 cm³/mol. The van der Waals surface area contributed by atoms with Crippen LogP contribution >= 0.6 is 0 Å². The van der Waals surface area contributed by atoms with Crippen molar-refractivity contribution in [3.63, 3.8) is 0 Å². The molecule has 1 N–H and O–H groups in total. The molecule has 2 rings (SSSR count). The molecule has 6 heteroatoms. The van der Waals surface area contributed by atoms with Crippen molar-refractivity contribution in [2.24, 2.45) is 0 Å². The van der Waals surface area contributed by atoms with E-state index in [1.165, 1.54) is 25.1 Å². The smallest absolute Gasteiger partial charge is 0.259 e. The second-order valence-electron chi connectivity index (χ2n) is 5.03. The average Bonchev–Trinajstić information content (AvgIpc) is 2.54. The highest BCUT2D eigenvalue weighted by molar-refractivity contribution is 5.95. The van der Waals surface area contributed by atoms with Gasteiger partial charge in [0, 0.05) is 26.2 Å². The van der Waals surface area contributed by atoms with Crippen molar-refractivity contribution in [1.29, 1.82) is 0 Å². The van der Waals surface area contributed by atoms with Gasteiger partial charge in [0.05, 0.1) is 0 Å². The van der Waals surface area contributed by atoms with Crippen LogP contribution < -0.4 is 5.32 Å². The van der Waals surface area contributed by atoms with Crippen LogP contribution in [0, 0.1) is 11.6 Å². The van der Waals surface area contributed by atoms with Gasteiger partial charge in [0.25, 0.3) is 11.8 Å². The van der Waals surface area contributed by atoms with Crippen molar-refractivity contribution in [1.82, 2.24) is 10.2 Å². The van der Waals surface area contributed by atoms with Crippen molar-refractivity contribution in [2.45, 2.75) is 6.54 Å². The van der Waals surface area contributed by atoms with Crippen LogP contribution in [-0.4, -0.2) is 30.8 Å². The van der Waals surface area contributed by atoms with Crippen molar-refractivity contribution in [2.75, 3.05) is 14.1 Å². The molecule has 0 aliphatic rings. The van der Waals surface area contributed by atoms with E-state index in [9.17, 15) is 18.4 Å². The Morgan fingerprint density at radius 3 is 2.13 bits per heavy atom. The Kier molecular flexibility index (Phi) is 5.05. The van der Waals surface area contributed by atoms with E-state index >= 15 is 0 Å². The maximum atomic E-state index is 13.6. The average molecular weight is 318 g/mol. The minimum absolute atomic E-state index is 0.167. The van der Waals surface area contributed by atoms with Crippen LogP contribution in [0.1, 0.15) is 26.3 Å². The van der Waals surface area contributed by atoms with Crippen LogP contribution in [0.2, 0.25) is 0 Å². The third kappa shape index (κ3) is 3.71. The molecule has 0 atom stereocenters. The molecule has 0 heterocycles. The minimum atomic E-state index is -0.892. The molecule has 120 valence electrons. The molecule has 4 nitrogen and oxygen atoms in total. The molecule has 2 amide bonds. The zero-order valence-electron chi connectivity index (χ0n) is 12.8. The predicted octanol–water partition coefficient (Wildman–Crippen LogP) is 2.60. The van der Waals surface area contributed by atoms with Gasteiger partial charge in [-0.15, -0.1) is 0 Å². The van der Waals surface area contributed by atoms with Crippen LogP contribution in [0.3, 0.4) is 0 Å². The molecule has 0 bridgehead atoms. The fourth-order valence-corrected chi connectivity index (χ4v) is 2.14. The fourth-order valence-electron chi connectivity index (χ4n) is 2.14. The van der Waals surface area contributed by atoms with Gasteiger partial charge in [-0.3, -0.25) is 9.59 Å². The summed E-state index contributed by atoms with van der Waals surface area (Å²) in [6, 6.07) is 9.91. The topological polar surface area (TPSA) is 49.4 Å².